The SMILES string of the molecule is OC1(O)CO[C@@H](CCn2cnc3ccccc32)C1. The summed E-state index contributed by atoms with van der Waals surface area (Å²) in [5.41, 5.74) is 2.07. The zero-order valence-corrected chi connectivity index (χ0v) is 9.99. The number of aryl methyl sites for hydroxylation is 1. The average Bonchev–Trinajstić information content (AvgIpc) is 2.90. The molecule has 1 aliphatic heterocycles. The van der Waals surface area contributed by atoms with Gasteiger partial charge in [-0.3, -0.25) is 0 Å². The molecule has 0 amide bonds. The molecule has 0 unspecified atom stereocenters. The number of para-hydroxylation sites is 2. The maximum absolute atomic E-state index is 9.41. The first-order chi connectivity index (χ1) is 8.64. The lowest BCUT2D eigenvalue weighted by Gasteiger charge is -2.12. The van der Waals surface area contributed by atoms with Crippen LogP contribution in [0.2, 0.25) is 0 Å². The Morgan fingerprint density at radius 2 is 2.22 bits per heavy atom. The van der Waals surface area contributed by atoms with Crippen LogP contribution in [0.5, 0.6) is 0 Å². The Bertz CT molecular complexity index is 550. The van der Waals surface area contributed by atoms with E-state index in [0.29, 0.717) is 0 Å². The van der Waals surface area contributed by atoms with Crippen LogP contribution in [-0.2, 0) is 11.3 Å². The van der Waals surface area contributed by atoms with Crippen molar-refractivity contribution in [2.75, 3.05) is 6.61 Å². The maximum atomic E-state index is 9.41. The predicted molar refractivity (Wildman–Crippen MR) is 65.9 cm³/mol. The van der Waals surface area contributed by atoms with Gasteiger partial charge in [0.05, 0.1) is 23.5 Å². The van der Waals surface area contributed by atoms with Gasteiger partial charge in [0.2, 0.25) is 0 Å². The molecule has 3 rings (SSSR count). The summed E-state index contributed by atoms with van der Waals surface area (Å²) >= 11 is 0. The Morgan fingerprint density at radius 3 is 3.00 bits per heavy atom. The summed E-state index contributed by atoms with van der Waals surface area (Å²) in [6.07, 6.45) is 2.74. The molecule has 1 aromatic heterocycles. The van der Waals surface area contributed by atoms with Crippen molar-refractivity contribution in [2.24, 2.45) is 0 Å². The number of hydrogen-bond acceptors (Lipinski definition) is 4. The van der Waals surface area contributed by atoms with E-state index >= 15 is 0 Å². The molecule has 5 nitrogen and oxygen atoms in total. The van der Waals surface area contributed by atoms with E-state index in [4.69, 9.17) is 4.74 Å². The van der Waals surface area contributed by atoms with Crippen LogP contribution in [0.25, 0.3) is 11.0 Å². The van der Waals surface area contributed by atoms with Crippen LogP contribution >= 0.6 is 0 Å². The number of hydrogen-bond donors (Lipinski definition) is 2. The van der Waals surface area contributed by atoms with Crippen molar-refractivity contribution in [3.8, 4) is 0 Å². The van der Waals surface area contributed by atoms with Crippen LogP contribution < -0.4 is 0 Å². The van der Waals surface area contributed by atoms with Crippen molar-refractivity contribution in [3.63, 3.8) is 0 Å². The standard InChI is InChI=1S/C13H16N2O3/c16-13(17)7-10(18-8-13)5-6-15-9-14-11-3-1-2-4-12(11)15/h1-4,9-10,16-17H,5-8H2/t10-/m0/s1. The minimum atomic E-state index is -1.65. The second-order valence-electron chi connectivity index (χ2n) is 4.83. The van der Waals surface area contributed by atoms with Crippen LogP contribution in [0.1, 0.15) is 12.8 Å². The summed E-state index contributed by atoms with van der Waals surface area (Å²) < 4.78 is 7.41. The first-order valence-electron chi connectivity index (χ1n) is 6.10. The number of aromatic nitrogens is 2. The van der Waals surface area contributed by atoms with Gasteiger partial charge in [0.1, 0.15) is 6.61 Å². The second-order valence-corrected chi connectivity index (χ2v) is 4.83. The molecule has 0 spiro atoms. The highest BCUT2D eigenvalue weighted by Crippen LogP contribution is 2.24. The Hall–Kier alpha value is -1.43. The Morgan fingerprint density at radius 1 is 1.39 bits per heavy atom. The fourth-order valence-corrected chi connectivity index (χ4v) is 2.39. The first-order valence-corrected chi connectivity index (χ1v) is 6.10. The molecule has 1 aliphatic rings. The summed E-state index contributed by atoms with van der Waals surface area (Å²) in [7, 11) is 0. The molecule has 18 heavy (non-hydrogen) atoms. The summed E-state index contributed by atoms with van der Waals surface area (Å²) in [5.74, 6) is -1.65. The van der Waals surface area contributed by atoms with Crippen molar-refractivity contribution in [3.05, 3.63) is 30.6 Å². The van der Waals surface area contributed by atoms with Crippen LogP contribution in [0.4, 0.5) is 0 Å². The van der Waals surface area contributed by atoms with Gasteiger partial charge in [0.25, 0.3) is 0 Å². The molecule has 2 heterocycles. The molecule has 96 valence electrons. The Labute approximate surface area is 105 Å². The minimum absolute atomic E-state index is 0.00232. The zero-order chi connectivity index (χ0) is 12.6. The molecule has 1 fully saturated rings. The van der Waals surface area contributed by atoms with Gasteiger partial charge in [-0.05, 0) is 18.6 Å². The van der Waals surface area contributed by atoms with Crippen LogP contribution in [0.3, 0.4) is 0 Å². The number of benzene rings is 1. The van der Waals surface area contributed by atoms with Crippen molar-refractivity contribution < 1.29 is 14.9 Å². The Kier molecular flexibility index (Phi) is 2.81. The molecule has 0 aliphatic carbocycles. The average molecular weight is 248 g/mol. The maximum Gasteiger partial charge on any atom is 0.189 e. The Balaban J connectivity index is 1.67. The van der Waals surface area contributed by atoms with Crippen LogP contribution in [0, 0.1) is 0 Å². The number of aliphatic hydroxyl groups is 2. The molecule has 0 radical (unpaired) electrons. The monoisotopic (exact) mass is 248 g/mol. The fourth-order valence-electron chi connectivity index (χ4n) is 2.39. The number of fused-ring (bicyclic) bond motifs is 1. The second kappa shape index (κ2) is 4.35. The molecular weight excluding hydrogens is 232 g/mol. The van der Waals surface area contributed by atoms with Gasteiger partial charge in [-0.1, -0.05) is 12.1 Å². The highest BCUT2D eigenvalue weighted by Gasteiger charge is 2.35. The quantitative estimate of drug-likeness (QED) is 0.792. The molecule has 0 bridgehead atoms. The summed E-state index contributed by atoms with van der Waals surface area (Å²) in [5, 5.41) is 18.8. The number of imidazole rings is 1. The smallest absolute Gasteiger partial charge is 0.189 e. The van der Waals surface area contributed by atoms with Crippen LogP contribution in [-0.4, -0.2) is 38.3 Å². The molecular formula is C13H16N2O3. The number of ether oxygens (including phenoxy) is 1. The topological polar surface area (TPSA) is 67.5 Å². The molecule has 1 aromatic carbocycles. The van der Waals surface area contributed by atoms with Gasteiger partial charge in [0, 0.05) is 13.0 Å². The van der Waals surface area contributed by atoms with Crippen molar-refractivity contribution in [2.45, 2.75) is 31.3 Å². The highest BCUT2D eigenvalue weighted by molar-refractivity contribution is 5.74. The van der Waals surface area contributed by atoms with E-state index in [0.717, 1.165) is 24.0 Å². The van der Waals surface area contributed by atoms with Gasteiger partial charge in [0.15, 0.2) is 5.79 Å². The van der Waals surface area contributed by atoms with Crippen molar-refractivity contribution in [1.82, 2.24) is 9.55 Å². The van der Waals surface area contributed by atoms with Gasteiger partial charge >= 0.3 is 0 Å². The third-order valence-corrected chi connectivity index (χ3v) is 3.32. The normalized spacial score (nSPS) is 22.7. The predicted octanol–water partition coefficient (Wildman–Crippen LogP) is 0.896. The lowest BCUT2D eigenvalue weighted by Crippen LogP contribution is -2.28. The van der Waals surface area contributed by atoms with E-state index < -0.39 is 5.79 Å². The van der Waals surface area contributed by atoms with E-state index in [9.17, 15) is 10.2 Å². The highest BCUT2D eigenvalue weighted by atomic mass is 16.6. The third kappa shape index (κ3) is 2.25. The van der Waals surface area contributed by atoms with E-state index in [2.05, 4.69) is 9.55 Å². The summed E-state index contributed by atoms with van der Waals surface area (Å²) in [6, 6.07) is 7.95. The largest absolute Gasteiger partial charge is 0.372 e. The van der Waals surface area contributed by atoms with Crippen LogP contribution in [0.15, 0.2) is 30.6 Å². The van der Waals surface area contributed by atoms with E-state index in [1.165, 1.54) is 0 Å². The third-order valence-electron chi connectivity index (χ3n) is 3.32. The van der Waals surface area contributed by atoms with E-state index in [-0.39, 0.29) is 19.1 Å². The molecule has 0 saturated carbocycles. The molecule has 1 atom stereocenters. The van der Waals surface area contributed by atoms with Gasteiger partial charge in [-0.25, -0.2) is 4.98 Å². The fraction of sp³-hybridized carbons (Fsp3) is 0.462. The molecule has 5 heteroatoms. The van der Waals surface area contributed by atoms with E-state index in [1.807, 2.05) is 30.6 Å². The van der Waals surface area contributed by atoms with Gasteiger partial charge in [-0.2, -0.15) is 0 Å². The molecule has 2 N–H and O–H groups in total. The minimum Gasteiger partial charge on any atom is -0.372 e. The number of nitrogens with zero attached hydrogens (tertiary/aromatic N) is 2. The van der Waals surface area contributed by atoms with Crippen molar-refractivity contribution >= 4 is 11.0 Å². The molecule has 1 saturated heterocycles. The first kappa shape index (κ1) is 11.6. The summed E-state index contributed by atoms with van der Waals surface area (Å²) in [4.78, 5) is 4.32. The molecule has 2 aromatic rings. The lowest BCUT2D eigenvalue weighted by atomic mass is 10.1. The van der Waals surface area contributed by atoms with E-state index in [1.54, 1.807) is 0 Å². The van der Waals surface area contributed by atoms with Gasteiger partial charge in [-0.15, -0.1) is 0 Å². The van der Waals surface area contributed by atoms with Crippen molar-refractivity contribution in [1.29, 1.82) is 0 Å². The number of rotatable bonds is 3. The summed E-state index contributed by atoms with van der Waals surface area (Å²) in [6.45, 7) is 0.767. The lowest BCUT2D eigenvalue weighted by molar-refractivity contribution is -0.156. The zero-order valence-electron chi connectivity index (χ0n) is 9.99. The van der Waals surface area contributed by atoms with Gasteiger partial charge < -0.3 is 19.5 Å².